The predicted octanol–water partition coefficient (Wildman–Crippen LogP) is 3.95. The molecule has 2 aliphatic rings. The summed E-state index contributed by atoms with van der Waals surface area (Å²) in [7, 11) is 0. The molecule has 26 heavy (non-hydrogen) atoms. The molecule has 2 aliphatic heterocycles. The summed E-state index contributed by atoms with van der Waals surface area (Å²) in [4.78, 5) is 13.4. The van der Waals surface area contributed by atoms with Crippen LogP contribution in [0.1, 0.15) is 18.0 Å². The highest BCUT2D eigenvalue weighted by Crippen LogP contribution is 2.35. The van der Waals surface area contributed by atoms with Crippen molar-refractivity contribution in [3.8, 4) is 17.2 Å². The molecule has 2 aromatic carbocycles. The van der Waals surface area contributed by atoms with Crippen LogP contribution < -0.4 is 19.5 Å². The third kappa shape index (κ3) is 3.94. The van der Waals surface area contributed by atoms with E-state index in [1.165, 1.54) is 11.8 Å². The van der Waals surface area contributed by atoms with Gasteiger partial charge in [0.05, 0.1) is 18.4 Å². The summed E-state index contributed by atoms with van der Waals surface area (Å²) < 4.78 is 17.8. The Morgan fingerprint density at radius 1 is 1.04 bits per heavy atom. The molecule has 7 heteroatoms. The molecule has 0 aliphatic carbocycles. The highest BCUT2D eigenvalue weighted by molar-refractivity contribution is 9.10. The summed E-state index contributed by atoms with van der Waals surface area (Å²) in [5, 5.41) is 3.12. The second-order valence-corrected chi connectivity index (χ2v) is 8.00. The Hall–Kier alpha value is -1.86. The van der Waals surface area contributed by atoms with Crippen molar-refractivity contribution in [2.24, 2.45) is 0 Å². The third-order valence-corrected chi connectivity index (χ3v) is 5.72. The van der Waals surface area contributed by atoms with Crippen LogP contribution in [0, 0.1) is 0 Å². The number of carbonyl (C=O) groups excluding carboxylic acids is 1. The van der Waals surface area contributed by atoms with E-state index in [-0.39, 0.29) is 11.9 Å². The van der Waals surface area contributed by atoms with Crippen molar-refractivity contribution in [1.29, 1.82) is 0 Å². The van der Waals surface area contributed by atoms with Gasteiger partial charge in [-0.05, 0) is 36.4 Å². The monoisotopic (exact) mass is 435 g/mol. The number of rotatable bonds is 4. The van der Waals surface area contributed by atoms with Gasteiger partial charge in [-0.2, -0.15) is 0 Å². The first kappa shape index (κ1) is 17.5. The van der Waals surface area contributed by atoms with Gasteiger partial charge in [0, 0.05) is 21.4 Å². The fourth-order valence-electron chi connectivity index (χ4n) is 3.01. The van der Waals surface area contributed by atoms with Gasteiger partial charge in [0.1, 0.15) is 19.0 Å². The summed E-state index contributed by atoms with van der Waals surface area (Å²) in [5.41, 5.74) is 1.02. The van der Waals surface area contributed by atoms with E-state index in [9.17, 15) is 4.79 Å². The Morgan fingerprint density at radius 2 is 1.81 bits per heavy atom. The van der Waals surface area contributed by atoms with Crippen LogP contribution in [0.4, 0.5) is 0 Å². The van der Waals surface area contributed by atoms with Gasteiger partial charge in [0.25, 0.3) is 0 Å². The Bertz CT molecular complexity index is 829. The van der Waals surface area contributed by atoms with Crippen molar-refractivity contribution in [3.63, 3.8) is 0 Å². The smallest absolute Gasteiger partial charge is 0.230 e. The largest absolute Gasteiger partial charge is 0.493 e. The minimum atomic E-state index is -0.0235. The topological polar surface area (TPSA) is 56.8 Å². The summed E-state index contributed by atoms with van der Waals surface area (Å²) >= 11 is 4.97. The van der Waals surface area contributed by atoms with E-state index in [0.29, 0.717) is 25.6 Å². The van der Waals surface area contributed by atoms with Crippen LogP contribution in [0.3, 0.4) is 0 Å². The van der Waals surface area contributed by atoms with E-state index in [0.717, 1.165) is 38.6 Å². The van der Waals surface area contributed by atoms with Crippen molar-refractivity contribution in [3.05, 3.63) is 46.4 Å². The van der Waals surface area contributed by atoms with Crippen LogP contribution in [-0.2, 0) is 4.79 Å². The predicted molar refractivity (Wildman–Crippen MR) is 103 cm³/mol. The average molecular weight is 436 g/mol. The van der Waals surface area contributed by atoms with Crippen molar-refractivity contribution in [2.75, 3.05) is 25.6 Å². The zero-order chi connectivity index (χ0) is 17.9. The molecule has 0 saturated heterocycles. The lowest BCUT2D eigenvalue weighted by Crippen LogP contribution is -2.33. The highest BCUT2D eigenvalue weighted by Gasteiger charge is 2.23. The van der Waals surface area contributed by atoms with Crippen molar-refractivity contribution < 1.29 is 19.0 Å². The molecular weight excluding hydrogens is 418 g/mol. The molecule has 2 aromatic rings. The van der Waals surface area contributed by atoms with E-state index in [4.69, 9.17) is 14.2 Å². The van der Waals surface area contributed by atoms with Gasteiger partial charge < -0.3 is 19.5 Å². The molecule has 0 aromatic heterocycles. The van der Waals surface area contributed by atoms with Gasteiger partial charge in [-0.25, -0.2) is 0 Å². The second-order valence-electron chi connectivity index (χ2n) is 6.03. The van der Waals surface area contributed by atoms with Crippen LogP contribution in [-0.4, -0.2) is 31.5 Å². The standard InChI is InChI=1S/C19H18BrNO4S/c20-12-1-3-16-14(9-12)15(5-6-23-16)21-19(22)11-26-13-2-4-17-18(10-13)25-8-7-24-17/h1-4,9-10,15H,5-8,11H2,(H,21,22). The molecule has 1 N–H and O–H groups in total. The molecule has 0 spiro atoms. The molecule has 0 radical (unpaired) electrons. The van der Waals surface area contributed by atoms with E-state index < -0.39 is 0 Å². The first-order valence-corrected chi connectivity index (χ1v) is 10.2. The number of nitrogens with one attached hydrogen (secondary N) is 1. The second kappa shape index (κ2) is 7.80. The Morgan fingerprint density at radius 3 is 2.69 bits per heavy atom. The van der Waals surface area contributed by atoms with Gasteiger partial charge in [-0.3, -0.25) is 4.79 Å². The molecular formula is C19H18BrNO4S. The zero-order valence-corrected chi connectivity index (χ0v) is 16.4. The first-order valence-electron chi connectivity index (χ1n) is 8.43. The molecule has 0 bridgehead atoms. The molecule has 4 rings (SSSR count). The number of hydrogen-bond acceptors (Lipinski definition) is 5. The molecule has 1 atom stereocenters. The third-order valence-electron chi connectivity index (χ3n) is 4.23. The number of benzene rings is 2. The Balaban J connectivity index is 1.37. The minimum absolute atomic E-state index is 0.00251. The van der Waals surface area contributed by atoms with E-state index in [1.54, 1.807) is 0 Å². The fraction of sp³-hybridized carbons (Fsp3) is 0.316. The molecule has 2 heterocycles. The van der Waals surface area contributed by atoms with E-state index in [1.807, 2.05) is 36.4 Å². The van der Waals surface area contributed by atoms with Gasteiger partial charge in [-0.1, -0.05) is 15.9 Å². The minimum Gasteiger partial charge on any atom is -0.493 e. The fourth-order valence-corrected chi connectivity index (χ4v) is 4.13. The maximum Gasteiger partial charge on any atom is 0.230 e. The van der Waals surface area contributed by atoms with Gasteiger partial charge in [0.15, 0.2) is 11.5 Å². The SMILES string of the molecule is O=C(CSc1ccc2c(c1)OCCO2)NC1CCOc2ccc(Br)cc21. The zero-order valence-electron chi connectivity index (χ0n) is 14.0. The average Bonchev–Trinajstić information content (AvgIpc) is 2.67. The molecule has 5 nitrogen and oxygen atoms in total. The lowest BCUT2D eigenvalue weighted by atomic mass is 10.0. The highest BCUT2D eigenvalue weighted by atomic mass is 79.9. The maximum atomic E-state index is 12.4. The lowest BCUT2D eigenvalue weighted by molar-refractivity contribution is -0.119. The van der Waals surface area contributed by atoms with Crippen LogP contribution in [0.5, 0.6) is 17.2 Å². The molecule has 136 valence electrons. The Labute approximate surface area is 164 Å². The van der Waals surface area contributed by atoms with Crippen LogP contribution in [0.25, 0.3) is 0 Å². The van der Waals surface area contributed by atoms with E-state index in [2.05, 4.69) is 21.2 Å². The van der Waals surface area contributed by atoms with Gasteiger partial charge >= 0.3 is 0 Å². The first-order chi connectivity index (χ1) is 12.7. The molecule has 1 amide bonds. The molecule has 0 fully saturated rings. The normalized spacial score (nSPS) is 17.8. The number of ether oxygens (including phenoxy) is 3. The van der Waals surface area contributed by atoms with Crippen molar-refractivity contribution in [2.45, 2.75) is 17.4 Å². The van der Waals surface area contributed by atoms with Crippen LogP contribution in [0.2, 0.25) is 0 Å². The quantitative estimate of drug-likeness (QED) is 0.736. The number of fused-ring (bicyclic) bond motifs is 2. The summed E-state index contributed by atoms with van der Waals surface area (Å²) in [5.74, 6) is 2.69. The summed E-state index contributed by atoms with van der Waals surface area (Å²) in [6.07, 6.45) is 0.768. The van der Waals surface area contributed by atoms with Crippen LogP contribution in [0.15, 0.2) is 45.8 Å². The van der Waals surface area contributed by atoms with Crippen molar-refractivity contribution in [1.82, 2.24) is 5.32 Å². The van der Waals surface area contributed by atoms with Crippen LogP contribution >= 0.6 is 27.7 Å². The Kier molecular flexibility index (Phi) is 5.26. The number of thioether (sulfide) groups is 1. The van der Waals surface area contributed by atoms with E-state index >= 15 is 0 Å². The maximum absolute atomic E-state index is 12.4. The number of amides is 1. The van der Waals surface area contributed by atoms with Gasteiger partial charge in [-0.15, -0.1) is 11.8 Å². The lowest BCUT2D eigenvalue weighted by Gasteiger charge is -2.27. The number of hydrogen-bond donors (Lipinski definition) is 1. The molecule has 1 unspecified atom stereocenters. The number of halogens is 1. The number of carbonyl (C=O) groups is 1. The van der Waals surface area contributed by atoms with Gasteiger partial charge in [0.2, 0.25) is 5.91 Å². The summed E-state index contributed by atoms with van der Waals surface area (Å²) in [6, 6.07) is 11.6. The molecule has 0 saturated carbocycles. The summed E-state index contributed by atoms with van der Waals surface area (Å²) in [6.45, 7) is 1.74. The van der Waals surface area contributed by atoms with Crippen molar-refractivity contribution >= 4 is 33.6 Å².